The molecule has 0 aliphatic carbocycles. The number of aromatic nitrogens is 2. The van der Waals surface area contributed by atoms with E-state index in [2.05, 4.69) is 15.3 Å². The summed E-state index contributed by atoms with van der Waals surface area (Å²) >= 11 is 0. The molecule has 0 bridgehead atoms. The molecule has 9 nitrogen and oxygen atoms in total. The highest BCUT2D eigenvalue weighted by molar-refractivity contribution is 5.71. The van der Waals surface area contributed by atoms with Gasteiger partial charge in [0, 0.05) is 26.7 Å². The number of nitrogens with one attached hydrogen (secondary N) is 1. The summed E-state index contributed by atoms with van der Waals surface area (Å²) in [4.78, 5) is 20.7. The standard InChI is InChI=1S/C11H18N6O3/c1-20-7-4-13-11-14-9(12)8(17(18)19)10(15-11)16-5-2-3-6-16/h2-7H2,1H3,(H3,12,13,14,15). The maximum atomic E-state index is 11.1. The Hall–Kier alpha value is -2.16. The average Bonchev–Trinajstić information content (AvgIpc) is 2.91. The number of nitrogens with zero attached hydrogens (tertiary/aromatic N) is 4. The molecule has 110 valence electrons. The Morgan fingerprint density at radius 2 is 2.15 bits per heavy atom. The lowest BCUT2D eigenvalue weighted by Crippen LogP contribution is -2.22. The zero-order valence-electron chi connectivity index (χ0n) is 11.3. The minimum Gasteiger partial charge on any atom is -0.383 e. The first kappa shape index (κ1) is 14.3. The number of nitro groups is 1. The molecular weight excluding hydrogens is 264 g/mol. The quantitative estimate of drug-likeness (QED) is 0.443. The highest BCUT2D eigenvalue weighted by atomic mass is 16.6. The van der Waals surface area contributed by atoms with Crippen LogP contribution in [0.2, 0.25) is 0 Å². The van der Waals surface area contributed by atoms with Gasteiger partial charge in [0.15, 0.2) is 0 Å². The average molecular weight is 282 g/mol. The zero-order valence-corrected chi connectivity index (χ0v) is 11.3. The van der Waals surface area contributed by atoms with Crippen molar-refractivity contribution in [3.63, 3.8) is 0 Å². The van der Waals surface area contributed by atoms with Crippen LogP contribution in [-0.4, -0.2) is 48.2 Å². The maximum Gasteiger partial charge on any atom is 0.353 e. The van der Waals surface area contributed by atoms with Gasteiger partial charge in [-0.25, -0.2) is 0 Å². The fraction of sp³-hybridized carbons (Fsp3) is 0.636. The summed E-state index contributed by atoms with van der Waals surface area (Å²) in [5.41, 5.74) is 5.49. The minimum absolute atomic E-state index is 0.119. The molecule has 0 unspecified atom stereocenters. The molecular formula is C11H18N6O3. The number of rotatable bonds is 6. The molecule has 1 aliphatic rings. The van der Waals surface area contributed by atoms with Gasteiger partial charge in [0.1, 0.15) is 0 Å². The van der Waals surface area contributed by atoms with E-state index in [4.69, 9.17) is 10.5 Å². The van der Waals surface area contributed by atoms with Crippen molar-refractivity contribution >= 4 is 23.3 Å². The van der Waals surface area contributed by atoms with Crippen LogP contribution in [0.1, 0.15) is 12.8 Å². The van der Waals surface area contributed by atoms with Crippen molar-refractivity contribution in [1.82, 2.24) is 9.97 Å². The highest BCUT2D eigenvalue weighted by Gasteiger charge is 2.28. The summed E-state index contributed by atoms with van der Waals surface area (Å²) in [6.45, 7) is 2.48. The van der Waals surface area contributed by atoms with Crippen LogP contribution >= 0.6 is 0 Å². The molecule has 9 heteroatoms. The Balaban J connectivity index is 2.31. The van der Waals surface area contributed by atoms with Crippen molar-refractivity contribution < 1.29 is 9.66 Å². The van der Waals surface area contributed by atoms with E-state index in [0.29, 0.717) is 19.0 Å². The molecule has 0 spiro atoms. The summed E-state index contributed by atoms with van der Waals surface area (Å²) in [5, 5.41) is 14.1. The van der Waals surface area contributed by atoms with E-state index in [-0.39, 0.29) is 17.5 Å². The van der Waals surface area contributed by atoms with E-state index < -0.39 is 4.92 Å². The Kier molecular flexibility index (Phi) is 4.51. The highest BCUT2D eigenvalue weighted by Crippen LogP contribution is 2.33. The van der Waals surface area contributed by atoms with E-state index >= 15 is 0 Å². The van der Waals surface area contributed by atoms with Gasteiger partial charge in [-0.2, -0.15) is 9.97 Å². The van der Waals surface area contributed by atoms with Crippen molar-refractivity contribution in [1.29, 1.82) is 0 Å². The van der Waals surface area contributed by atoms with E-state index in [1.165, 1.54) is 0 Å². The number of hydrogen-bond donors (Lipinski definition) is 2. The predicted molar refractivity (Wildman–Crippen MR) is 74.9 cm³/mol. The maximum absolute atomic E-state index is 11.1. The fourth-order valence-electron chi connectivity index (χ4n) is 2.13. The molecule has 0 amide bonds. The second-order valence-electron chi connectivity index (χ2n) is 4.48. The Bertz CT molecular complexity index is 489. The van der Waals surface area contributed by atoms with Crippen LogP contribution in [0.5, 0.6) is 0 Å². The summed E-state index contributed by atoms with van der Waals surface area (Å²) in [6.07, 6.45) is 1.99. The lowest BCUT2D eigenvalue weighted by molar-refractivity contribution is -0.383. The van der Waals surface area contributed by atoms with Crippen molar-refractivity contribution in [2.45, 2.75) is 12.8 Å². The number of ether oxygens (including phenoxy) is 1. The van der Waals surface area contributed by atoms with Crippen LogP contribution in [0.15, 0.2) is 0 Å². The first-order chi connectivity index (χ1) is 9.63. The van der Waals surface area contributed by atoms with Gasteiger partial charge in [0.25, 0.3) is 0 Å². The molecule has 0 atom stereocenters. The molecule has 1 saturated heterocycles. The Morgan fingerprint density at radius 1 is 1.45 bits per heavy atom. The Morgan fingerprint density at radius 3 is 2.75 bits per heavy atom. The molecule has 20 heavy (non-hydrogen) atoms. The van der Waals surface area contributed by atoms with Gasteiger partial charge >= 0.3 is 5.69 Å². The van der Waals surface area contributed by atoms with Crippen molar-refractivity contribution in [3.05, 3.63) is 10.1 Å². The fourth-order valence-corrected chi connectivity index (χ4v) is 2.13. The number of hydrogen-bond acceptors (Lipinski definition) is 8. The van der Waals surface area contributed by atoms with Crippen LogP contribution in [0.25, 0.3) is 0 Å². The number of nitrogen functional groups attached to an aromatic ring is 1. The van der Waals surface area contributed by atoms with Gasteiger partial charge in [-0.15, -0.1) is 0 Å². The van der Waals surface area contributed by atoms with Crippen LogP contribution in [0.3, 0.4) is 0 Å². The van der Waals surface area contributed by atoms with Crippen molar-refractivity contribution in [2.24, 2.45) is 0 Å². The minimum atomic E-state index is -0.526. The Labute approximate surface area is 116 Å². The third-order valence-corrected chi connectivity index (χ3v) is 3.07. The van der Waals surface area contributed by atoms with Crippen LogP contribution < -0.4 is 16.0 Å². The third kappa shape index (κ3) is 3.05. The molecule has 3 N–H and O–H groups in total. The summed E-state index contributed by atoms with van der Waals surface area (Å²) < 4.78 is 4.92. The predicted octanol–water partition coefficient (Wildman–Crippen LogP) is 0.625. The molecule has 1 fully saturated rings. The smallest absolute Gasteiger partial charge is 0.353 e. The van der Waals surface area contributed by atoms with Gasteiger partial charge in [-0.1, -0.05) is 0 Å². The second-order valence-corrected chi connectivity index (χ2v) is 4.48. The SMILES string of the molecule is COCCNc1nc(N)c([N+](=O)[O-])c(N2CCCC2)n1. The molecule has 1 aromatic heterocycles. The van der Waals surface area contributed by atoms with Gasteiger partial charge in [-0.05, 0) is 12.8 Å². The number of anilines is 3. The summed E-state index contributed by atoms with van der Waals surface area (Å²) in [7, 11) is 1.59. The van der Waals surface area contributed by atoms with Gasteiger partial charge < -0.3 is 20.7 Å². The zero-order chi connectivity index (χ0) is 14.5. The topological polar surface area (TPSA) is 119 Å². The lowest BCUT2D eigenvalue weighted by Gasteiger charge is -2.17. The largest absolute Gasteiger partial charge is 0.383 e. The molecule has 2 heterocycles. The summed E-state index contributed by atoms with van der Waals surface area (Å²) in [6, 6.07) is 0. The van der Waals surface area contributed by atoms with Crippen LogP contribution in [0, 0.1) is 10.1 Å². The molecule has 2 rings (SSSR count). The third-order valence-electron chi connectivity index (χ3n) is 3.07. The number of methoxy groups -OCH3 is 1. The first-order valence-electron chi connectivity index (χ1n) is 6.43. The lowest BCUT2D eigenvalue weighted by atomic mass is 10.4. The normalized spacial score (nSPS) is 14.6. The molecule has 1 aromatic rings. The second kappa shape index (κ2) is 6.33. The molecule has 0 aromatic carbocycles. The van der Waals surface area contributed by atoms with Gasteiger partial charge in [-0.3, -0.25) is 10.1 Å². The first-order valence-corrected chi connectivity index (χ1v) is 6.43. The summed E-state index contributed by atoms with van der Waals surface area (Å²) in [5.74, 6) is 0.457. The van der Waals surface area contributed by atoms with E-state index in [1.54, 1.807) is 7.11 Å². The van der Waals surface area contributed by atoms with E-state index in [0.717, 1.165) is 25.9 Å². The molecule has 0 saturated carbocycles. The number of nitrogens with two attached hydrogens (primary N) is 1. The van der Waals surface area contributed by atoms with E-state index in [1.807, 2.05) is 4.90 Å². The molecule has 1 aliphatic heterocycles. The van der Waals surface area contributed by atoms with Crippen molar-refractivity contribution in [3.8, 4) is 0 Å². The van der Waals surface area contributed by atoms with Gasteiger partial charge in [0.05, 0.1) is 11.5 Å². The molecule has 0 radical (unpaired) electrons. The monoisotopic (exact) mass is 282 g/mol. The van der Waals surface area contributed by atoms with E-state index in [9.17, 15) is 10.1 Å². The van der Waals surface area contributed by atoms with Crippen LogP contribution in [-0.2, 0) is 4.74 Å². The van der Waals surface area contributed by atoms with Gasteiger partial charge in [0.2, 0.25) is 17.6 Å². The van der Waals surface area contributed by atoms with Crippen LogP contribution in [0.4, 0.5) is 23.3 Å². The van der Waals surface area contributed by atoms with Crippen molar-refractivity contribution in [2.75, 3.05) is 49.3 Å².